The topological polar surface area (TPSA) is 38.3 Å². The van der Waals surface area contributed by atoms with Crippen molar-refractivity contribution in [3.63, 3.8) is 0 Å². The fourth-order valence-electron chi connectivity index (χ4n) is 2.19. The Morgan fingerprint density at radius 2 is 1.76 bits per heavy atom. The van der Waals surface area contributed by atoms with E-state index in [-0.39, 0.29) is 11.8 Å². The van der Waals surface area contributed by atoms with Crippen LogP contribution in [0.3, 0.4) is 0 Å². The molecular weight excluding hydrogens is 262 g/mol. The Kier molecular flexibility index (Phi) is 5.38. The Hall–Kier alpha value is -2.29. The molecule has 2 rings (SSSR count). The van der Waals surface area contributed by atoms with Crippen LogP contribution in [0.25, 0.3) is 0 Å². The van der Waals surface area contributed by atoms with Gasteiger partial charge < -0.3 is 10.1 Å². The number of rotatable bonds is 6. The van der Waals surface area contributed by atoms with Gasteiger partial charge in [-0.2, -0.15) is 0 Å². The Bertz CT molecular complexity index is 564. The van der Waals surface area contributed by atoms with E-state index in [1.165, 1.54) is 5.56 Å². The minimum atomic E-state index is 0.0236. The second-order valence-electron chi connectivity index (χ2n) is 5.02. The van der Waals surface area contributed by atoms with Gasteiger partial charge in [-0.25, -0.2) is 0 Å². The van der Waals surface area contributed by atoms with Crippen molar-refractivity contribution >= 4 is 11.6 Å². The summed E-state index contributed by atoms with van der Waals surface area (Å²) < 4.78 is 5.38. The highest BCUT2D eigenvalue weighted by Gasteiger charge is 2.11. The summed E-state index contributed by atoms with van der Waals surface area (Å²) in [4.78, 5) is 12.1. The Morgan fingerprint density at radius 3 is 2.38 bits per heavy atom. The second-order valence-corrected chi connectivity index (χ2v) is 5.02. The number of benzene rings is 2. The molecule has 0 fully saturated rings. The SMILES string of the molecule is CCOc1ccc(NC(=O)CC(C)c2ccccc2)cc1. The Balaban J connectivity index is 1.89. The number of hydrogen-bond donors (Lipinski definition) is 1. The number of carbonyl (C=O) groups excluding carboxylic acids is 1. The molecule has 0 heterocycles. The molecule has 1 amide bonds. The van der Waals surface area contributed by atoms with Crippen molar-refractivity contribution in [3.05, 3.63) is 60.2 Å². The van der Waals surface area contributed by atoms with Crippen LogP contribution in [0, 0.1) is 0 Å². The quantitative estimate of drug-likeness (QED) is 0.862. The molecule has 0 aliphatic carbocycles. The van der Waals surface area contributed by atoms with E-state index in [9.17, 15) is 4.79 Å². The summed E-state index contributed by atoms with van der Waals surface area (Å²) in [6, 6.07) is 17.5. The number of anilines is 1. The lowest BCUT2D eigenvalue weighted by molar-refractivity contribution is -0.116. The van der Waals surface area contributed by atoms with Gasteiger partial charge in [-0.1, -0.05) is 37.3 Å². The van der Waals surface area contributed by atoms with Crippen molar-refractivity contribution in [3.8, 4) is 5.75 Å². The molecule has 2 aromatic carbocycles. The van der Waals surface area contributed by atoms with E-state index >= 15 is 0 Å². The zero-order valence-corrected chi connectivity index (χ0v) is 12.5. The maximum Gasteiger partial charge on any atom is 0.224 e. The standard InChI is InChI=1S/C18H21NO2/c1-3-21-17-11-9-16(10-12-17)19-18(20)13-14(2)15-7-5-4-6-8-15/h4-12,14H,3,13H2,1-2H3,(H,19,20). The van der Waals surface area contributed by atoms with Gasteiger partial charge >= 0.3 is 0 Å². The molecule has 0 saturated heterocycles. The highest BCUT2D eigenvalue weighted by Crippen LogP contribution is 2.20. The molecular formula is C18H21NO2. The highest BCUT2D eigenvalue weighted by molar-refractivity contribution is 5.91. The number of ether oxygens (including phenoxy) is 1. The largest absolute Gasteiger partial charge is 0.494 e. The van der Waals surface area contributed by atoms with Crippen molar-refractivity contribution in [2.75, 3.05) is 11.9 Å². The minimum Gasteiger partial charge on any atom is -0.494 e. The fraction of sp³-hybridized carbons (Fsp3) is 0.278. The average Bonchev–Trinajstić information content (AvgIpc) is 2.50. The molecule has 1 unspecified atom stereocenters. The van der Waals surface area contributed by atoms with Crippen molar-refractivity contribution < 1.29 is 9.53 Å². The first-order chi connectivity index (χ1) is 10.2. The van der Waals surface area contributed by atoms with Crippen molar-refractivity contribution in [2.45, 2.75) is 26.2 Å². The lowest BCUT2D eigenvalue weighted by Gasteiger charge is -2.12. The minimum absolute atomic E-state index is 0.0236. The van der Waals surface area contributed by atoms with Gasteiger partial charge in [-0.3, -0.25) is 4.79 Å². The summed E-state index contributed by atoms with van der Waals surface area (Å²) >= 11 is 0. The van der Waals surface area contributed by atoms with E-state index in [1.807, 2.05) is 49.4 Å². The van der Waals surface area contributed by atoms with Crippen LogP contribution >= 0.6 is 0 Å². The van der Waals surface area contributed by atoms with Crippen LogP contribution in [0.2, 0.25) is 0 Å². The van der Waals surface area contributed by atoms with E-state index in [4.69, 9.17) is 4.74 Å². The molecule has 1 atom stereocenters. The monoisotopic (exact) mass is 283 g/mol. The van der Waals surface area contributed by atoms with Crippen LogP contribution in [-0.2, 0) is 4.79 Å². The molecule has 0 radical (unpaired) electrons. The third-order valence-electron chi connectivity index (χ3n) is 3.31. The fourth-order valence-corrected chi connectivity index (χ4v) is 2.19. The molecule has 0 aromatic heterocycles. The predicted molar refractivity (Wildman–Crippen MR) is 85.7 cm³/mol. The Labute approximate surface area is 126 Å². The summed E-state index contributed by atoms with van der Waals surface area (Å²) in [5.41, 5.74) is 1.98. The van der Waals surface area contributed by atoms with Crippen LogP contribution < -0.4 is 10.1 Å². The molecule has 0 aliphatic heterocycles. The number of hydrogen-bond acceptors (Lipinski definition) is 2. The third kappa shape index (κ3) is 4.63. The third-order valence-corrected chi connectivity index (χ3v) is 3.31. The van der Waals surface area contributed by atoms with Gasteiger partial charge in [0.25, 0.3) is 0 Å². The van der Waals surface area contributed by atoms with Crippen LogP contribution in [0.15, 0.2) is 54.6 Å². The second kappa shape index (κ2) is 7.48. The normalized spacial score (nSPS) is 11.7. The smallest absolute Gasteiger partial charge is 0.224 e. The summed E-state index contributed by atoms with van der Waals surface area (Å²) in [6.45, 7) is 4.65. The van der Waals surface area contributed by atoms with Gasteiger partial charge in [-0.15, -0.1) is 0 Å². The van der Waals surface area contributed by atoms with Gasteiger partial charge in [0, 0.05) is 12.1 Å². The first-order valence-corrected chi connectivity index (χ1v) is 7.26. The molecule has 0 saturated carbocycles. The van der Waals surface area contributed by atoms with Gasteiger partial charge in [0.05, 0.1) is 6.61 Å². The van der Waals surface area contributed by atoms with Crippen molar-refractivity contribution in [1.82, 2.24) is 0 Å². The molecule has 3 nitrogen and oxygen atoms in total. The highest BCUT2D eigenvalue weighted by atomic mass is 16.5. The van der Waals surface area contributed by atoms with Gasteiger partial charge in [-0.05, 0) is 42.7 Å². The maximum absolute atomic E-state index is 12.1. The van der Waals surface area contributed by atoms with Gasteiger partial charge in [0.15, 0.2) is 0 Å². The van der Waals surface area contributed by atoms with E-state index < -0.39 is 0 Å². The van der Waals surface area contributed by atoms with E-state index in [2.05, 4.69) is 24.4 Å². The molecule has 3 heteroatoms. The van der Waals surface area contributed by atoms with E-state index in [0.717, 1.165) is 11.4 Å². The lowest BCUT2D eigenvalue weighted by Crippen LogP contribution is -2.14. The van der Waals surface area contributed by atoms with Crippen molar-refractivity contribution in [1.29, 1.82) is 0 Å². The van der Waals surface area contributed by atoms with Gasteiger partial charge in [0.2, 0.25) is 5.91 Å². The first kappa shape index (κ1) is 15.1. The maximum atomic E-state index is 12.1. The lowest BCUT2D eigenvalue weighted by atomic mass is 9.97. The zero-order chi connectivity index (χ0) is 15.1. The van der Waals surface area contributed by atoms with E-state index in [1.54, 1.807) is 0 Å². The summed E-state index contributed by atoms with van der Waals surface area (Å²) in [5.74, 6) is 1.04. The molecule has 0 spiro atoms. The Morgan fingerprint density at radius 1 is 1.10 bits per heavy atom. The number of amides is 1. The van der Waals surface area contributed by atoms with Crippen LogP contribution in [0.4, 0.5) is 5.69 Å². The number of nitrogens with one attached hydrogen (secondary N) is 1. The molecule has 1 N–H and O–H groups in total. The van der Waals surface area contributed by atoms with Crippen LogP contribution in [0.1, 0.15) is 31.7 Å². The molecule has 2 aromatic rings. The van der Waals surface area contributed by atoms with Crippen LogP contribution in [0.5, 0.6) is 5.75 Å². The summed E-state index contributed by atoms with van der Waals surface area (Å²) in [6.07, 6.45) is 0.469. The molecule has 21 heavy (non-hydrogen) atoms. The zero-order valence-electron chi connectivity index (χ0n) is 12.5. The number of carbonyl (C=O) groups is 1. The van der Waals surface area contributed by atoms with Gasteiger partial charge in [0.1, 0.15) is 5.75 Å². The van der Waals surface area contributed by atoms with E-state index in [0.29, 0.717) is 13.0 Å². The predicted octanol–water partition coefficient (Wildman–Crippen LogP) is 4.22. The molecule has 0 bridgehead atoms. The first-order valence-electron chi connectivity index (χ1n) is 7.26. The summed E-state index contributed by atoms with van der Waals surface area (Å²) in [7, 11) is 0. The molecule has 110 valence electrons. The van der Waals surface area contributed by atoms with Crippen molar-refractivity contribution in [2.24, 2.45) is 0 Å². The average molecular weight is 283 g/mol. The van der Waals surface area contributed by atoms with Crippen LogP contribution in [-0.4, -0.2) is 12.5 Å². The molecule has 0 aliphatic rings. The summed E-state index contributed by atoms with van der Waals surface area (Å²) in [5, 5.41) is 2.92.